The summed E-state index contributed by atoms with van der Waals surface area (Å²) in [6.45, 7) is 1.86. The number of fused-ring (bicyclic) bond motifs is 1. The van der Waals surface area contributed by atoms with Gasteiger partial charge < -0.3 is 5.73 Å². The van der Waals surface area contributed by atoms with Crippen molar-refractivity contribution in [2.24, 2.45) is 0 Å². The number of aromatic nitrogens is 2. The number of likely N-dealkylation sites (tertiary alicyclic amines) is 1. The molecule has 4 rings (SSSR count). The summed E-state index contributed by atoms with van der Waals surface area (Å²) < 4.78 is 0. The van der Waals surface area contributed by atoms with Gasteiger partial charge in [-0.1, -0.05) is 18.2 Å². The second-order valence-electron chi connectivity index (χ2n) is 5.69. The maximum atomic E-state index is 6.09. The maximum absolute atomic E-state index is 6.09. The van der Waals surface area contributed by atoms with E-state index in [1.165, 1.54) is 17.7 Å². The molecule has 2 aromatic heterocycles. The molecule has 1 fully saturated rings. The van der Waals surface area contributed by atoms with E-state index < -0.39 is 0 Å². The van der Waals surface area contributed by atoms with Gasteiger partial charge in [0.15, 0.2) is 0 Å². The Balaban J connectivity index is 1.63. The normalized spacial score (nSPS) is 19.0. The van der Waals surface area contributed by atoms with E-state index in [9.17, 15) is 0 Å². The molecule has 1 aromatic carbocycles. The van der Waals surface area contributed by atoms with Gasteiger partial charge in [0.2, 0.25) is 0 Å². The van der Waals surface area contributed by atoms with Crippen molar-refractivity contribution in [3.63, 3.8) is 0 Å². The molecular formula is C17H18N4S. The first-order valence-corrected chi connectivity index (χ1v) is 8.48. The van der Waals surface area contributed by atoms with Gasteiger partial charge in [-0.05, 0) is 43.0 Å². The SMILES string of the molecule is Nc1nc(CN2CCC[C@H]2c2cccs2)nc2ccccc12. The molecule has 112 valence electrons. The van der Waals surface area contributed by atoms with Gasteiger partial charge in [-0.15, -0.1) is 11.3 Å². The minimum atomic E-state index is 0.497. The van der Waals surface area contributed by atoms with Gasteiger partial charge in [-0.3, -0.25) is 4.90 Å². The lowest BCUT2D eigenvalue weighted by Gasteiger charge is -2.22. The van der Waals surface area contributed by atoms with Crippen LogP contribution in [0.5, 0.6) is 0 Å². The third-order valence-electron chi connectivity index (χ3n) is 4.26. The highest BCUT2D eigenvalue weighted by atomic mass is 32.1. The summed E-state index contributed by atoms with van der Waals surface area (Å²) >= 11 is 1.83. The topological polar surface area (TPSA) is 55.0 Å². The lowest BCUT2D eigenvalue weighted by Crippen LogP contribution is -2.23. The van der Waals surface area contributed by atoms with Gasteiger partial charge in [-0.2, -0.15) is 0 Å². The van der Waals surface area contributed by atoms with Crippen molar-refractivity contribution in [2.75, 3.05) is 12.3 Å². The Labute approximate surface area is 133 Å². The van der Waals surface area contributed by atoms with Crippen LogP contribution < -0.4 is 5.73 Å². The number of para-hydroxylation sites is 1. The molecule has 0 amide bonds. The fourth-order valence-electron chi connectivity index (χ4n) is 3.22. The highest BCUT2D eigenvalue weighted by molar-refractivity contribution is 7.10. The predicted octanol–water partition coefficient (Wildman–Crippen LogP) is 3.61. The lowest BCUT2D eigenvalue weighted by molar-refractivity contribution is 0.245. The summed E-state index contributed by atoms with van der Waals surface area (Å²) in [6.07, 6.45) is 2.44. The first-order valence-electron chi connectivity index (χ1n) is 7.60. The summed E-state index contributed by atoms with van der Waals surface area (Å²) in [7, 11) is 0. The quantitative estimate of drug-likeness (QED) is 0.803. The zero-order valence-corrected chi connectivity index (χ0v) is 13.1. The summed E-state index contributed by atoms with van der Waals surface area (Å²) in [5, 5.41) is 3.08. The molecule has 1 aliphatic rings. The van der Waals surface area contributed by atoms with Crippen LogP contribution in [0.3, 0.4) is 0 Å². The number of anilines is 1. The van der Waals surface area contributed by atoms with Gasteiger partial charge >= 0.3 is 0 Å². The zero-order valence-electron chi connectivity index (χ0n) is 12.3. The highest BCUT2D eigenvalue weighted by Gasteiger charge is 2.27. The molecule has 4 nitrogen and oxygen atoms in total. The number of benzene rings is 1. The van der Waals surface area contributed by atoms with E-state index in [2.05, 4.69) is 32.4 Å². The number of rotatable bonds is 3. The van der Waals surface area contributed by atoms with Crippen LogP contribution in [0.15, 0.2) is 41.8 Å². The maximum Gasteiger partial charge on any atom is 0.145 e. The van der Waals surface area contributed by atoms with E-state index in [0.717, 1.165) is 29.8 Å². The number of hydrogen-bond acceptors (Lipinski definition) is 5. The number of nitrogen functional groups attached to an aromatic ring is 1. The molecule has 1 atom stereocenters. The van der Waals surface area contributed by atoms with Gasteiger partial charge in [0.25, 0.3) is 0 Å². The Kier molecular flexibility index (Phi) is 3.52. The lowest BCUT2D eigenvalue weighted by atomic mass is 10.2. The number of thiophene rings is 1. The average molecular weight is 310 g/mol. The molecule has 0 bridgehead atoms. The Morgan fingerprint density at radius 1 is 1.18 bits per heavy atom. The van der Waals surface area contributed by atoms with Gasteiger partial charge in [0.1, 0.15) is 11.6 Å². The molecule has 22 heavy (non-hydrogen) atoms. The van der Waals surface area contributed by atoms with Crippen molar-refractivity contribution in [1.29, 1.82) is 0 Å². The molecule has 0 radical (unpaired) electrons. The Bertz CT molecular complexity index is 784. The Morgan fingerprint density at radius 3 is 2.95 bits per heavy atom. The van der Waals surface area contributed by atoms with Crippen LogP contribution >= 0.6 is 11.3 Å². The summed E-state index contributed by atoms with van der Waals surface area (Å²) in [6, 6.07) is 12.8. The van der Waals surface area contributed by atoms with Crippen LogP contribution in [-0.4, -0.2) is 21.4 Å². The third-order valence-corrected chi connectivity index (χ3v) is 5.23. The van der Waals surface area contributed by atoms with Crippen molar-refractivity contribution < 1.29 is 0 Å². The fraction of sp³-hybridized carbons (Fsp3) is 0.294. The van der Waals surface area contributed by atoms with Crippen LogP contribution in [0.4, 0.5) is 5.82 Å². The summed E-state index contributed by atoms with van der Waals surface area (Å²) in [4.78, 5) is 13.1. The second-order valence-corrected chi connectivity index (χ2v) is 6.67. The third kappa shape index (κ3) is 2.46. The number of nitrogens with two attached hydrogens (primary N) is 1. The van der Waals surface area contributed by atoms with Crippen molar-refractivity contribution >= 4 is 28.1 Å². The molecule has 2 N–H and O–H groups in total. The zero-order chi connectivity index (χ0) is 14.9. The van der Waals surface area contributed by atoms with E-state index in [1.807, 2.05) is 35.6 Å². The molecule has 0 spiro atoms. The van der Waals surface area contributed by atoms with Crippen molar-refractivity contribution in [3.05, 3.63) is 52.5 Å². The minimum Gasteiger partial charge on any atom is -0.383 e. The summed E-state index contributed by atoms with van der Waals surface area (Å²) in [5.74, 6) is 1.40. The fourth-order valence-corrected chi connectivity index (χ4v) is 4.12. The van der Waals surface area contributed by atoms with Crippen molar-refractivity contribution in [2.45, 2.75) is 25.4 Å². The first-order chi connectivity index (χ1) is 10.8. The van der Waals surface area contributed by atoms with E-state index in [-0.39, 0.29) is 0 Å². The standard InChI is InChI=1S/C17H18N4S/c18-17-12-5-1-2-6-13(12)19-16(20-17)11-21-9-3-7-14(21)15-8-4-10-22-15/h1-2,4-6,8,10,14H,3,7,9,11H2,(H2,18,19,20)/t14-/m0/s1. The second kappa shape index (κ2) is 5.66. The molecule has 0 aliphatic carbocycles. The number of hydrogen-bond donors (Lipinski definition) is 1. The highest BCUT2D eigenvalue weighted by Crippen LogP contribution is 2.35. The molecule has 1 aliphatic heterocycles. The van der Waals surface area contributed by atoms with E-state index in [1.54, 1.807) is 0 Å². The van der Waals surface area contributed by atoms with Crippen molar-refractivity contribution in [1.82, 2.24) is 14.9 Å². The smallest absolute Gasteiger partial charge is 0.145 e. The molecule has 3 heterocycles. The van der Waals surface area contributed by atoms with E-state index in [0.29, 0.717) is 11.9 Å². The molecule has 1 saturated heterocycles. The van der Waals surface area contributed by atoms with Gasteiger partial charge in [-0.25, -0.2) is 9.97 Å². The monoisotopic (exact) mass is 310 g/mol. The van der Waals surface area contributed by atoms with Crippen LogP contribution in [0.2, 0.25) is 0 Å². The van der Waals surface area contributed by atoms with Crippen LogP contribution in [0.25, 0.3) is 10.9 Å². The van der Waals surface area contributed by atoms with E-state index in [4.69, 9.17) is 5.73 Å². The Morgan fingerprint density at radius 2 is 2.09 bits per heavy atom. The van der Waals surface area contributed by atoms with Crippen LogP contribution in [-0.2, 0) is 6.54 Å². The first kappa shape index (κ1) is 13.7. The van der Waals surface area contributed by atoms with E-state index >= 15 is 0 Å². The van der Waals surface area contributed by atoms with Crippen molar-refractivity contribution in [3.8, 4) is 0 Å². The summed E-state index contributed by atoms with van der Waals surface area (Å²) in [5.41, 5.74) is 7.02. The average Bonchev–Trinajstić information content (AvgIpc) is 3.18. The molecule has 5 heteroatoms. The van der Waals surface area contributed by atoms with Crippen LogP contribution in [0, 0.1) is 0 Å². The molecule has 3 aromatic rings. The molecule has 0 saturated carbocycles. The largest absolute Gasteiger partial charge is 0.383 e. The van der Waals surface area contributed by atoms with Gasteiger partial charge in [0, 0.05) is 16.3 Å². The predicted molar refractivity (Wildman–Crippen MR) is 90.7 cm³/mol. The molecule has 0 unspecified atom stereocenters. The van der Waals surface area contributed by atoms with Gasteiger partial charge in [0.05, 0.1) is 12.1 Å². The minimum absolute atomic E-state index is 0.497. The Hall–Kier alpha value is -1.98. The molecular weight excluding hydrogens is 292 g/mol. The number of nitrogens with zero attached hydrogens (tertiary/aromatic N) is 3. The van der Waals surface area contributed by atoms with Crippen LogP contribution in [0.1, 0.15) is 29.6 Å².